The van der Waals surface area contributed by atoms with Gasteiger partial charge < -0.3 is 15.8 Å². The summed E-state index contributed by atoms with van der Waals surface area (Å²) in [5.74, 6) is 1.23. The van der Waals surface area contributed by atoms with E-state index in [0.717, 1.165) is 30.7 Å². The van der Waals surface area contributed by atoms with Crippen molar-refractivity contribution >= 4 is 41.5 Å². The van der Waals surface area contributed by atoms with E-state index in [1.165, 1.54) is 0 Å². The van der Waals surface area contributed by atoms with Crippen molar-refractivity contribution in [1.82, 2.24) is 5.32 Å². The lowest BCUT2D eigenvalue weighted by atomic mass is 10.2. The minimum absolute atomic E-state index is 0. The van der Waals surface area contributed by atoms with E-state index in [2.05, 4.69) is 17.2 Å². The molecule has 1 rings (SSSR count). The van der Waals surface area contributed by atoms with E-state index in [0.29, 0.717) is 24.1 Å². The molecule has 0 radical (unpaired) electrons. The summed E-state index contributed by atoms with van der Waals surface area (Å²) in [5, 5.41) is 3.74. The summed E-state index contributed by atoms with van der Waals surface area (Å²) in [4.78, 5) is 4.30. The molecule has 0 unspecified atom stereocenters. The summed E-state index contributed by atoms with van der Waals surface area (Å²) in [6.07, 6.45) is 2.22. The first-order chi connectivity index (χ1) is 9.17. The number of nitrogens with one attached hydrogen (secondary N) is 1. The van der Waals surface area contributed by atoms with E-state index in [-0.39, 0.29) is 24.0 Å². The Morgan fingerprint density at radius 1 is 1.40 bits per heavy atom. The van der Waals surface area contributed by atoms with E-state index in [4.69, 9.17) is 22.1 Å². The zero-order valence-corrected chi connectivity index (χ0v) is 15.1. The number of benzene rings is 1. The van der Waals surface area contributed by atoms with E-state index in [1.54, 1.807) is 6.07 Å². The second-order valence-corrected chi connectivity index (χ2v) is 4.60. The molecule has 0 bridgehead atoms. The highest BCUT2D eigenvalue weighted by atomic mass is 127. The molecular formula is C14H23ClIN3O. The lowest BCUT2D eigenvalue weighted by Gasteiger charge is -2.09. The highest BCUT2D eigenvalue weighted by Crippen LogP contribution is 2.24. The third-order valence-corrected chi connectivity index (χ3v) is 2.82. The van der Waals surface area contributed by atoms with Crippen LogP contribution in [0.15, 0.2) is 23.2 Å². The van der Waals surface area contributed by atoms with Crippen molar-refractivity contribution in [2.75, 3.05) is 13.2 Å². The zero-order chi connectivity index (χ0) is 14.1. The molecule has 1 aromatic carbocycles. The predicted octanol–water partition coefficient (Wildman–Crippen LogP) is 3.56. The minimum Gasteiger partial charge on any atom is -0.493 e. The van der Waals surface area contributed by atoms with Crippen LogP contribution in [0.25, 0.3) is 0 Å². The monoisotopic (exact) mass is 411 g/mol. The fraction of sp³-hybridized carbons (Fsp3) is 0.500. The first kappa shape index (κ1) is 19.3. The standard InChI is InChI=1S/C14H22ClN3O.HI/c1-3-5-8-17-14(16)18-10-11-6-7-12(15)9-13(11)19-4-2;/h6-7,9H,3-5,8,10H2,1-2H3,(H3,16,17,18);1H. The van der Waals surface area contributed by atoms with Crippen molar-refractivity contribution in [1.29, 1.82) is 0 Å². The third kappa shape index (κ3) is 7.19. The number of nitrogens with zero attached hydrogens (tertiary/aromatic N) is 1. The number of guanidine groups is 1. The van der Waals surface area contributed by atoms with Crippen LogP contribution in [0.5, 0.6) is 5.75 Å². The lowest BCUT2D eigenvalue weighted by molar-refractivity contribution is 0.336. The van der Waals surface area contributed by atoms with Crippen molar-refractivity contribution in [2.24, 2.45) is 10.7 Å². The van der Waals surface area contributed by atoms with E-state index >= 15 is 0 Å². The Morgan fingerprint density at radius 3 is 2.80 bits per heavy atom. The van der Waals surface area contributed by atoms with Crippen molar-refractivity contribution < 1.29 is 4.74 Å². The molecule has 20 heavy (non-hydrogen) atoms. The van der Waals surface area contributed by atoms with Gasteiger partial charge in [-0.1, -0.05) is 31.0 Å². The average molecular weight is 412 g/mol. The van der Waals surface area contributed by atoms with E-state index in [9.17, 15) is 0 Å². The topological polar surface area (TPSA) is 59.6 Å². The molecule has 114 valence electrons. The largest absolute Gasteiger partial charge is 0.493 e. The van der Waals surface area contributed by atoms with Crippen LogP contribution < -0.4 is 15.8 Å². The van der Waals surface area contributed by atoms with Gasteiger partial charge in [-0.3, -0.25) is 0 Å². The maximum absolute atomic E-state index is 5.95. The lowest BCUT2D eigenvalue weighted by Crippen LogP contribution is -2.32. The molecular weight excluding hydrogens is 389 g/mol. The summed E-state index contributed by atoms with van der Waals surface area (Å²) < 4.78 is 5.53. The number of hydrogen-bond acceptors (Lipinski definition) is 2. The van der Waals surface area contributed by atoms with Gasteiger partial charge in [-0.05, 0) is 25.5 Å². The Hall–Kier alpha value is -0.690. The number of hydrogen-bond donors (Lipinski definition) is 2. The van der Waals surface area contributed by atoms with Gasteiger partial charge in [-0.15, -0.1) is 24.0 Å². The molecule has 0 aliphatic heterocycles. The fourth-order valence-electron chi connectivity index (χ4n) is 1.57. The van der Waals surface area contributed by atoms with Crippen LogP contribution in [-0.4, -0.2) is 19.1 Å². The van der Waals surface area contributed by atoms with Gasteiger partial charge in [-0.25, -0.2) is 4.99 Å². The average Bonchev–Trinajstić information content (AvgIpc) is 2.38. The number of nitrogens with two attached hydrogens (primary N) is 1. The van der Waals surface area contributed by atoms with Crippen LogP contribution >= 0.6 is 35.6 Å². The van der Waals surface area contributed by atoms with Crippen LogP contribution in [0, 0.1) is 0 Å². The van der Waals surface area contributed by atoms with Crippen molar-refractivity contribution in [2.45, 2.75) is 33.2 Å². The molecule has 0 fully saturated rings. The van der Waals surface area contributed by atoms with Crippen molar-refractivity contribution in [3.63, 3.8) is 0 Å². The summed E-state index contributed by atoms with van der Waals surface area (Å²) in [7, 11) is 0. The smallest absolute Gasteiger partial charge is 0.188 e. The summed E-state index contributed by atoms with van der Waals surface area (Å²) >= 11 is 5.95. The first-order valence-electron chi connectivity index (χ1n) is 6.62. The number of rotatable bonds is 7. The van der Waals surface area contributed by atoms with Crippen molar-refractivity contribution in [3.05, 3.63) is 28.8 Å². The molecule has 0 aromatic heterocycles. The second-order valence-electron chi connectivity index (χ2n) is 4.17. The second kappa shape index (κ2) is 11.0. The molecule has 0 saturated carbocycles. The van der Waals surface area contributed by atoms with Gasteiger partial charge in [0.05, 0.1) is 13.2 Å². The van der Waals surface area contributed by atoms with Gasteiger partial charge in [0.2, 0.25) is 0 Å². The molecule has 0 aliphatic rings. The first-order valence-corrected chi connectivity index (χ1v) is 7.00. The zero-order valence-electron chi connectivity index (χ0n) is 12.0. The molecule has 0 amide bonds. The Morgan fingerprint density at radius 2 is 2.15 bits per heavy atom. The molecule has 0 saturated heterocycles. The summed E-state index contributed by atoms with van der Waals surface area (Å²) in [6.45, 7) is 6.01. The molecule has 0 heterocycles. The van der Waals surface area contributed by atoms with Crippen LogP contribution in [0.2, 0.25) is 5.02 Å². The van der Waals surface area contributed by atoms with E-state index in [1.807, 2.05) is 19.1 Å². The fourth-order valence-corrected chi connectivity index (χ4v) is 1.73. The summed E-state index contributed by atoms with van der Waals surface area (Å²) in [5.41, 5.74) is 6.77. The molecule has 6 heteroatoms. The van der Waals surface area contributed by atoms with Gasteiger partial charge in [0, 0.05) is 17.1 Å². The Labute approximate surface area is 143 Å². The SMILES string of the molecule is CCCCNC(N)=NCc1ccc(Cl)cc1OCC.I. The number of aliphatic imine (C=N–C) groups is 1. The Balaban J connectivity index is 0.00000361. The van der Waals surface area contributed by atoms with Crippen molar-refractivity contribution in [3.8, 4) is 5.75 Å². The number of halogens is 2. The number of unbranched alkanes of at least 4 members (excludes halogenated alkanes) is 1. The van der Waals surface area contributed by atoms with E-state index < -0.39 is 0 Å². The Kier molecular flexibility index (Phi) is 10.6. The van der Waals surface area contributed by atoms with Crippen LogP contribution in [0.3, 0.4) is 0 Å². The minimum atomic E-state index is 0. The number of ether oxygens (including phenoxy) is 1. The van der Waals surface area contributed by atoms with Gasteiger partial charge in [0.1, 0.15) is 5.75 Å². The summed E-state index contributed by atoms with van der Waals surface area (Å²) in [6, 6.07) is 5.54. The highest BCUT2D eigenvalue weighted by Gasteiger charge is 2.04. The molecule has 0 spiro atoms. The van der Waals surface area contributed by atoms with Gasteiger partial charge >= 0.3 is 0 Å². The highest BCUT2D eigenvalue weighted by molar-refractivity contribution is 14.0. The van der Waals surface area contributed by atoms with Crippen LogP contribution in [-0.2, 0) is 6.54 Å². The third-order valence-electron chi connectivity index (χ3n) is 2.59. The quantitative estimate of drug-likeness (QED) is 0.312. The van der Waals surface area contributed by atoms with Crippen LogP contribution in [0.1, 0.15) is 32.3 Å². The maximum Gasteiger partial charge on any atom is 0.188 e. The Bertz CT molecular complexity index is 427. The molecule has 0 atom stereocenters. The molecule has 4 nitrogen and oxygen atoms in total. The van der Waals surface area contributed by atoms with Gasteiger partial charge in [0.25, 0.3) is 0 Å². The van der Waals surface area contributed by atoms with Gasteiger partial charge in [-0.2, -0.15) is 0 Å². The molecule has 3 N–H and O–H groups in total. The van der Waals surface area contributed by atoms with Crippen LogP contribution in [0.4, 0.5) is 0 Å². The molecule has 1 aromatic rings. The van der Waals surface area contributed by atoms with Gasteiger partial charge in [0.15, 0.2) is 5.96 Å². The maximum atomic E-state index is 5.95. The normalized spacial score (nSPS) is 10.8. The predicted molar refractivity (Wildman–Crippen MR) is 96.3 cm³/mol. The molecule has 0 aliphatic carbocycles.